The zero-order chi connectivity index (χ0) is 24.7. The Kier molecular flexibility index (Phi) is 6.67. The van der Waals surface area contributed by atoms with E-state index in [-0.39, 0.29) is 17.9 Å². The molecule has 184 valence electrons. The lowest BCUT2D eigenvalue weighted by molar-refractivity contribution is -0.200. The van der Waals surface area contributed by atoms with Crippen molar-refractivity contribution >= 4 is 44.1 Å². The predicted molar refractivity (Wildman–Crippen MR) is 128 cm³/mol. The van der Waals surface area contributed by atoms with Crippen molar-refractivity contribution in [1.29, 1.82) is 0 Å². The highest BCUT2D eigenvalue weighted by Gasteiger charge is 2.34. The molecule has 1 atom stereocenters. The maximum Gasteiger partial charge on any atom is 0.421 e. The largest absolute Gasteiger partial charge is 0.444 e. The van der Waals surface area contributed by atoms with E-state index in [2.05, 4.69) is 4.98 Å². The van der Waals surface area contributed by atoms with Crippen molar-refractivity contribution < 1.29 is 28.2 Å². The molecule has 0 radical (unpaired) electrons. The molecule has 3 aromatic rings. The van der Waals surface area contributed by atoms with Crippen LogP contribution in [0.1, 0.15) is 27.7 Å². The number of alkyl halides is 2. The van der Waals surface area contributed by atoms with Gasteiger partial charge in [0.1, 0.15) is 23.0 Å². The Morgan fingerprint density at radius 2 is 2.06 bits per heavy atom. The van der Waals surface area contributed by atoms with E-state index in [1.54, 1.807) is 17.2 Å². The van der Waals surface area contributed by atoms with Crippen LogP contribution in [0.5, 0.6) is 5.75 Å². The molecule has 1 saturated heterocycles. The lowest BCUT2D eigenvalue weighted by atomic mass is 10.2. The van der Waals surface area contributed by atoms with Crippen LogP contribution < -0.4 is 9.64 Å². The third-order valence-corrected chi connectivity index (χ3v) is 7.07. The minimum Gasteiger partial charge on any atom is -0.444 e. The smallest absolute Gasteiger partial charge is 0.421 e. The van der Waals surface area contributed by atoms with Gasteiger partial charge in [0.25, 0.3) is 0 Å². The highest BCUT2D eigenvalue weighted by molar-refractivity contribution is 7.22. The molecule has 1 aromatic carbocycles. The molecule has 0 spiro atoms. The average Bonchev–Trinajstić information content (AvgIpc) is 3.43. The number of benzene rings is 1. The van der Waals surface area contributed by atoms with E-state index >= 15 is 0 Å². The first-order valence-corrected chi connectivity index (χ1v) is 12.4. The lowest BCUT2D eigenvalue weighted by Crippen LogP contribution is -2.55. The number of fused-ring (bicyclic) bond motifs is 1. The molecule has 34 heavy (non-hydrogen) atoms. The summed E-state index contributed by atoms with van der Waals surface area (Å²) >= 11 is 2.65. The third kappa shape index (κ3) is 5.23. The molecular weight excluding hydrogens is 486 g/mol. The van der Waals surface area contributed by atoms with Crippen LogP contribution in [0.15, 0.2) is 23.7 Å². The number of halogens is 2. The number of anilines is 1. The number of carbonyl (C=O) groups is 1. The van der Waals surface area contributed by atoms with Crippen molar-refractivity contribution in [2.75, 3.05) is 31.1 Å². The van der Waals surface area contributed by atoms with E-state index in [1.165, 1.54) is 28.7 Å². The van der Waals surface area contributed by atoms with Crippen molar-refractivity contribution in [3.8, 4) is 16.3 Å². The first-order chi connectivity index (χ1) is 16.0. The van der Waals surface area contributed by atoms with Gasteiger partial charge in [-0.25, -0.2) is 14.8 Å². The average molecular weight is 513 g/mol. The Labute approximate surface area is 203 Å². The SMILES string of the molecule is C[C@@H]1CN(c2nc3c(-c4nccs4)ccc(OC(F)(F)CO)c3s2)CCN1C(=O)OC(C)(C)C. The van der Waals surface area contributed by atoms with Crippen molar-refractivity contribution in [2.45, 2.75) is 45.4 Å². The van der Waals surface area contributed by atoms with Crippen LogP contribution in [0.25, 0.3) is 20.8 Å². The maximum atomic E-state index is 13.8. The zero-order valence-corrected chi connectivity index (χ0v) is 20.9. The first-order valence-electron chi connectivity index (χ1n) is 10.7. The number of hydrogen-bond acceptors (Lipinski definition) is 9. The Morgan fingerprint density at radius 1 is 1.29 bits per heavy atom. The minimum absolute atomic E-state index is 0.0569. The predicted octanol–water partition coefficient (Wildman–Crippen LogP) is 4.83. The molecular formula is C22H26F2N4O4S2. The summed E-state index contributed by atoms with van der Waals surface area (Å²) in [5, 5.41) is 12.1. The van der Waals surface area contributed by atoms with Crippen LogP contribution in [-0.4, -0.2) is 70.1 Å². The highest BCUT2D eigenvalue weighted by Crippen LogP contribution is 2.42. The number of aliphatic hydroxyl groups excluding tert-OH is 1. The number of thiazole rings is 2. The van der Waals surface area contributed by atoms with Gasteiger partial charge in [0.2, 0.25) is 0 Å². The summed E-state index contributed by atoms with van der Waals surface area (Å²) in [6, 6.07) is 2.97. The summed E-state index contributed by atoms with van der Waals surface area (Å²) in [4.78, 5) is 25.4. The number of aromatic nitrogens is 2. The van der Waals surface area contributed by atoms with E-state index in [0.29, 0.717) is 45.6 Å². The fourth-order valence-corrected chi connectivity index (χ4v) is 5.37. The molecule has 3 heterocycles. The third-order valence-electron chi connectivity index (χ3n) is 5.13. The van der Waals surface area contributed by atoms with Crippen LogP contribution in [0.4, 0.5) is 18.7 Å². The number of carbonyl (C=O) groups excluding carboxylic acids is 1. The molecule has 2 aromatic heterocycles. The van der Waals surface area contributed by atoms with Gasteiger partial charge < -0.3 is 24.4 Å². The zero-order valence-electron chi connectivity index (χ0n) is 19.2. The van der Waals surface area contributed by atoms with Crippen molar-refractivity contribution in [1.82, 2.24) is 14.9 Å². The number of amides is 1. The van der Waals surface area contributed by atoms with Gasteiger partial charge in [-0.05, 0) is 39.8 Å². The van der Waals surface area contributed by atoms with Gasteiger partial charge in [-0.2, -0.15) is 8.78 Å². The van der Waals surface area contributed by atoms with Gasteiger partial charge in [0, 0.05) is 42.8 Å². The normalized spacial score (nSPS) is 17.3. The van der Waals surface area contributed by atoms with Crippen LogP contribution in [0, 0.1) is 0 Å². The molecule has 0 bridgehead atoms. The van der Waals surface area contributed by atoms with Gasteiger partial charge in [0.05, 0.1) is 10.2 Å². The number of rotatable bonds is 5. The number of nitrogens with zero attached hydrogens (tertiary/aromatic N) is 4. The van der Waals surface area contributed by atoms with Crippen LogP contribution in [0.3, 0.4) is 0 Å². The molecule has 12 heteroatoms. The Balaban J connectivity index is 1.65. The quantitative estimate of drug-likeness (QED) is 0.524. The number of piperazine rings is 1. The summed E-state index contributed by atoms with van der Waals surface area (Å²) < 4.78 is 38.4. The summed E-state index contributed by atoms with van der Waals surface area (Å²) in [5.74, 6) is -0.0569. The molecule has 1 aliphatic rings. The van der Waals surface area contributed by atoms with Gasteiger partial charge >= 0.3 is 12.2 Å². The second kappa shape index (κ2) is 9.23. The first kappa shape index (κ1) is 24.6. The minimum atomic E-state index is -3.71. The van der Waals surface area contributed by atoms with Gasteiger partial charge in [-0.15, -0.1) is 11.3 Å². The Hall–Kier alpha value is -2.57. The van der Waals surface area contributed by atoms with Crippen molar-refractivity contribution in [2.24, 2.45) is 0 Å². The Morgan fingerprint density at radius 3 is 2.68 bits per heavy atom. The summed E-state index contributed by atoms with van der Waals surface area (Å²) in [6.45, 7) is 7.44. The summed E-state index contributed by atoms with van der Waals surface area (Å²) in [6.07, 6.45) is -2.41. The van der Waals surface area contributed by atoms with E-state index < -0.39 is 18.3 Å². The second-order valence-electron chi connectivity index (χ2n) is 8.99. The maximum absolute atomic E-state index is 13.8. The molecule has 1 N–H and O–H groups in total. The Bertz CT molecular complexity index is 1160. The molecule has 1 amide bonds. The summed E-state index contributed by atoms with van der Waals surface area (Å²) in [7, 11) is 0. The second-order valence-corrected chi connectivity index (χ2v) is 10.9. The number of hydrogen-bond donors (Lipinski definition) is 1. The molecule has 8 nitrogen and oxygen atoms in total. The van der Waals surface area contributed by atoms with Gasteiger partial charge in [-0.1, -0.05) is 11.3 Å². The highest BCUT2D eigenvalue weighted by atomic mass is 32.1. The number of aliphatic hydroxyl groups is 1. The van der Waals surface area contributed by atoms with Crippen molar-refractivity contribution in [3.63, 3.8) is 0 Å². The van der Waals surface area contributed by atoms with Crippen LogP contribution >= 0.6 is 22.7 Å². The molecule has 0 saturated carbocycles. The fraction of sp³-hybridized carbons (Fsp3) is 0.500. The van der Waals surface area contributed by atoms with E-state index in [1.807, 2.05) is 38.0 Å². The fourth-order valence-electron chi connectivity index (χ4n) is 3.63. The monoisotopic (exact) mass is 512 g/mol. The van der Waals surface area contributed by atoms with Gasteiger partial charge in [0.15, 0.2) is 5.13 Å². The topological polar surface area (TPSA) is 88.0 Å². The molecule has 4 rings (SSSR count). The molecule has 0 unspecified atom stereocenters. The molecule has 1 fully saturated rings. The molecule has 0 aliphatic carbocycles. The van der Waals surface area contributed by atoms with E-state index in [0.717, 1.165) is 0 Å². The molecule has 1 aliphatic heterocycles. The summed E-state index contributed by atoms with van der Waals surface area (Å²) in [5.41, 5.74) is 0.635. The number of ether oxygens (including phenoxy) is 2. The lowest BCUT2D eigenvalue weighted by Gasteiger charge is -2.40. The van der Waals surface area contributed by atoms with Crippen LogP contribution in [0.2, 0.25) is 0 Å². The van der Waals surface area contributed by atoms with E-state index in [9.17, 15) is 13.6 Å². The van der Waals surface area contributed by atoms with Crippen LogP contribution in [-0.2, 0) is 4.74 Å². The standard InChI is InChI=1S/C22H26F2N4O4S2/c1-13-11-27(8-9-28(13)20(30)32-21(2,3)4)19-26-16-14(18-25-7-10-33-18)5-6-15(17(16)34-19)31-22(23,24)12-29/h5-7,10,13,29H,8-9,11-12H2,1-4H3/t13-/m1/s1. The van der Waals surface area contributed by atoms with E-state index in [4.69, 9.17) is 19.6 Å². The van der Waals surface area contributed by atoms with Crippen molar-refractivity contribution in [3.05, 3.63) is 23.7 Å². The van der Waals surface area contributed by atoms with Gasteiger partial charge in [-0.3, -0.25) is 0 Å².